The molecule has 4 aromatic carbocycles. The molecule has 2 heterocycles. The van der Waals surface area contributed by atoms with Crippen LogP contribution in [-0.4, -0.2) is 117 Å². The van der Waals surface area contributed by atoms with Gasteiger partial charge in [-0.3, -0.25) is 9.59 Å². The van der Waals surface area contributed by atoms with Gasteiger partial charge in [0.15, 0.2) is 0 Å². The number of rotatable bonds is 24. The molecule has 10 N–H and O–H groups in total. The van der Waals surface area contributed by atoms with Crippen LogP contribution in [0.4, 0.5) is 58.4 Å². The molecule has 24 nitrogen and oxygen atoms in total. The van der Waals surface area contributed by atoms with Gasteiger partial charge in [-0.1, -0.05) is 60.7 Å². The number of primary amides is 2. The van der Waals surface area contributed by atoms with Crippen LogP contribution < -0.4 is 102 Å². The minimum atomic E-state index is -5.21. The summed E-state index contributed by atoms with van der Waals surface area (Å²) in [5.74, 6) is -1.39. The summed E-state index contributed by atoms with van der Waals surface area (Å²) in [6.45, 7) is -0.568. The van der Waals surface area contributed by atoms with Crippen molar-refractivity contribution >= 4 is 103 Å². The van der Waals surface area contributed by atoms with E-state index in [9.17, 15) is 45.7 Å². The number of hydrogen-bond acceptors (Lipinski definition) is 22. The van der Waals surface area contributed by atoms with Gasteiger partial charge in [0.2, 0.25) is 47.5 Å². The maximum atomic E-state index is 12.7. The van der Waals surface area contributed by atoms with E-state index < -0.39 is 41.8 Å². The predicted molar refractivity (Wildman–Crippen MR) is 250 cm³/mol. The van der Waals surface area contributed by atoms with Crippen LogP contribution in [0.5, 0.6) is 0 Å². The molecule has 356 valence electrons. The Labute approximate surface area is 446 Å². The third kappa shape index (κ3) is 16.9. The maximum absolute atomic E-state index is 12.7. The van der Waals surface area contributed by atoms with Crippen molar-refractivity contribution in [3.05, 3.63) is 108 Å². The van der Waals surface area contributed by atoms with Gasteiger partial charge in [-0.25, -0.2) is 16.8 Å². The van der Waals surface area contributed by atoms with Crippen molar-refractivity contribution in [2.24, 2.45) is 11.5 Å². The number of para-hydroxylation sites is 2. The molecule has 28 heteroatoms. The van der Waals surface area contributed by atoms with E-state index in [2.05, 4.69) is 51.2 Å². The Balaban J connectivity index is 0.00000533. The number of benzene rings is 4. The third-order valence-electron chi connectivity index (χ3n) is 9.39. The minimum absolute atomic E-state index is 0. The first-order valence-corrected chi connectivity index (χ1v) is 23.2. The van der Waals surface area contributed by atoms with Crippen LogP contribution in [0.15, 0.2) is 107 Å². The van der Waals surface area contributed by atoms with E-state index in [1.165, 1.54) is 34.1 Å². The molecule has 0 aliphatic carbocycles. The van der Waals surface area contributed by atoms with Gasteiger partial charge in [0, 0.05) is 61.8 Å². The first kappa shape index (κ1) is 56.7. The van der Waals surface area contributed by atoms with Crippen LogP contribution in [0.3, 0.4) is 0 Å². The summed E-state index contributed by atoms with van der Waals surface area (Å²) in [4.78, 5) is 51.1. The molecule has 6 rings (SSSR count). The normalized spacial score (nSPS) is 11.2. The molecular weight excluding hydrogens is 971 g/mol. The molecule has 0 spiro atoms. The molecule has 0 radical (unpaired) electrons. The van der Waals surface area contributed by atoms with E-state index in [1.807, 2.05) is 0 Å². The third-order valence-corrected chi connectivity index (χ3v) is 11.2. The van der Waals surface area contributed by atoms with Gasteiger partial charge >= 0.3 is 59.1 Å². The zero-order valence-corrected chi connectivity index (χ0v) is 43.4. The summed E-state index contributed by atoms with van der Waals surface area (Å²) in [5, 5.41) is 31.2. The van der Waals surface area contributed by atoms with E-state index in [0.717, 1.165) is 24.3 Å². The monoisotopic (exact) mass is 1010 g/mol. The number of aliphatic hydroxyl groups excluding tert-OH is 2. The fourth-order valence-electron chi connectivity index (χ4n) is 6.26. The van der Waals surface area contributed by atoms with Gasteiger partial charge in [0.25, 0.3) is 0 Å². The Bertz CT molecular complexity index is 2800. The number of aromatic nitrogens is 6. The zero-order valence-electron chi connectivity index (χ0n) is 37.8. The van der Waals surface area contributed by atoms with Crippen molar-refractivity contribution in [2.45, 2.75) is 22.6 Å². The van der Waals surface area contributed by atoms with E-state index in [1.54, 1.807) is 60.7 Å². The van der Waals surface area contributed by atoms with Crippen molar-refractivity contribution in [3.8, 4) is 0 Å². The largest absolute Gasteiger partial charge is 1.00 e. The van der Waals surface area contributed by atoms with Crippen molar-refractivity contribution in [1.82, 2.24) is 29.9 Å². The van der Waals surface area contributed by atoms with E-state index in [0.29, 0.717) is 11.4 Å². The Morgan fingerprint density at radius 2 is 0.843 bits per heavy atom. The Morgan fingerprint density at radius 3 is 1.14 bits per heavy atom. The van der Waals surface area contributed by atoms with Crippen molar-refractivity contribution < 1.29 is 105 Å². The van der Waals surface area contributed by atoms with Crippen LogP contribution in [0.1, 0.15) is 24.0 Å². The molecule has 0 unspecified atom stereocenters. The van der Waals surface area contributed by atoms with Gasteiger partial charge in [-0.15, -0.1) is 0 Å². The molecule has 70 heavy (non-hydrogen) atoms. The van der Waals surface area contributed by atoms with Crippen LogP contribution in [0, 0.1) is 0 Å². The first-order chi connectivity index (χ1) is 32.5. The average Bonchev–Trinajstić information content (AvgIpc) is 3.28. The standard InChI is InChI=1S/C42H46N14O10S2.2Na/c43-35(59)17-19-55(21-23-57)41-51-37(45-29-7-3-1-4-8-29)49-39(53-41)47-31-15-13-27(33(25-31)67(61,62)63)11-12-28-14-16-32(26-34(28)68(64,65)66)48-40-50-38(46-30-9-5-2-6-10-30)52-42(54-40)56(22-24-58)20-18-36(44)60;;/h1-16,25-26,57-58H,17-24H2,(H2,43,59)(H2,44,60)(H,61,62,63)(H,64,65,66)(H2,45,47,49,51,53)(H2,46,48,50,52,54);;/q;2*+1/p-2/b12-11+;;. The number of carbonyl (C=O) groups excluding carboxylic acids is 2. The number of aliphatic hydroxyl groups is 2. The number of nitrogens with zero attached hydrogens (tertiary/aromatic N) is 8. The molecule has 0 saturated carbocycles. The molecule has 0 saturated heterocycles. The molecule has 0 aliphatic rings. The maximum Gasteiger partial charge on any atom is 1.00 e. The average molecular weight is 1020 g/mol. The number of anilines is 10. The van der Waals surface area contributed by atoms with E-state index >= 15 is 0 Å². The first-order valence-electron chi connectivity index (χ1n) is 20.3. The quantitative estimate of drug-likeness (QED) is 0.0165. The molecular formula is C42H44N14Na2O10S2. The van der Waals surface area contributed by atoms with Gasteiger partial charge < -0.3 is 61.9 Å². The number of amides is 2. The van der Waals surface area contributed by atoms with Crippen molar-refractivity contribution in [1.29, 1.82) is 0 Å². The second kappa shape index (κ2) is 26.4. The van der Waals surface area contributed by atoms with E-state index in [4.69, 9.17) is 11.5 Å². The molecule has 0 aliphatic heterocycles. The fourth-order valence-corrected chi connectivity index (χ4v) is 7.65. The number of hydrogen-bond donors (Lipinski definition) is 8. The summed E-state index contributed by atoms with van der Waals surface area (Å²) < 4.78 is 76.0. The van der Waals surface area contributed by atoms with Crippen LogP contribution in [0.2, 0.25) is 0 Å². The van der Waals surface area contributed by atoms with Crippen LogP contribution >= 0.6 is 0 Å². The van der Waals surface area contributed by atoms with Gasteiger partial charge in [-0.05, 0) is 59.7 Å². The van der Waals surface area contributed by atoms with Gasteiger partial charge in [-0.2, -0.15) is 29.9 Å². The van der Waals surface area contributed by atoms with Gasteiger partial charge in [0.1, 0.15) is 20.2 Å². The Kier molecular flexibility index (Phi) is 21.4. The fraction of sp³-hybridized carbons (Fsp3) is 0.190. The zero-order chi connectivity index (χ0) is 48.8. The minimum Gasteiger partial charge on any atom is -0.744 e. The summed E-state index contributed by atoms with van der Waals surface area (Å²) in [5.41, 5.74) is 11.6. The van der Waals surface area contributed by atoms with E-state index in [-0.39, 0.29) is 170 Å². The Morgan fingerprint density at radius 1 is 0.514 bits per heavy atom. The second-order valence-electron chi connectivity index (χ2n) is 14.4. The number of nitrogens with two attached hydrogens (primary N) is 2. The predicted octanol–water partition coefficient (Wildman–Crippen LogP) is -3.63. The van der Waals surface area contributed by atoms with Crippen molar-refractivity contribution in [2.75, 3.05) is 70.5 Å². The molecule has 6 aromatic rings. The molecule has 0 fully saturated rings. The van der Waals surface area contributed by atoms with Crippen LogP contribution in [0.25, 0.3) is 12.2 Å². The second-order valence-corrected chi connectivity index (χ2v) is 17.1. The number of nitrogens with one attached hydrogen (secondary N) is 4. The van der Waals surface area contributed by atoms with Crippen LogP contribution in [-0.2, 0) is 29.8 Å². The Hall–Kier alpha value is -5.88. The van der Waals surface area contributed by atoms with Crippen molar-refractivity contribution in [3.63, 3.8) is 0 Å². The van der Waals surface area contributed by atoms with Gasteiger partial charge in [0.05, 0.1) is 23.0 Å². The molecule has 0 atom stereocenters. The number of carbonyl (C=O) groups is 2. The summed E-state index contributed by atoms with van der Waals surface area (Å²) in [6, 6.07) is 24.9. The smallest absolute Gasteiger partial charge is 0.744 e. The summed E-state index contributed by atoms with van der Waals surface area (Å²) in [7, 11) is -10.4. The SMILES string of the molecule is NC(=O)CCN(CCO)c1nc(Nc2ccccc2)nc(Nc2ccc(/C=C/c3ccc(Nc4nc(Nc5ccccc5)nc(N(CCO)CCC(N)=O)n4)cc3S(=O)(=O)[O-])c(S(=O)(=O)[O-])c2)n1.[Na+].[Na+]. The topological polar surface area (TPSA) is 373 Å². The summed E-state index contributed by atoms with van der Waals surface area (Å²) >= 11 is 0. The molecule has 2 aromatic heterocycles. The molecule has 0 bridgehead atoms. The molecule has 2 amide bonds. The summed E-state index contributed by atoms with van der Waals surface area (Å²) in [6.07, 6.45) is 2.09.